The van der Waals surface area contributed by atoms with Gasteiger partial charge in [0.1, 0.15) is 11.8 Å². The van der Waals surface area contributed by atoms with Gasteiger partial charge < -0.3 is 15.3 Å². The molecule has 30 heavy (non-hydrogen) atoms. The third kappa shape index (κ3) is 4.28. The highest BCUT2D eigenvalue weighted by Gasteiger charge is 2.45. The van der Waals surface area contributed by atoms with E-state index in [1.807, 2.05) is 6.92 Å². The molecule has 0 aliphatic carbocycles. The van der Waals surface area contributed by atoms with Gasteiger partial charge in [-0.15, -0.1) is 0 Å². The Kier molecular flexibility index (Phi) is 6.06. The van der Waals surface area contributed by atoms with Crippen molar-refractivity contribution >= 4 is 27.7 Å². The van der Waals surface area contributed by atoms with Crippen LogP contribution in [0.25, 0.3) is 0 Å². The number of amidine groups is 1. The number of nitrogens with zero attached hydrogens (tertiary/aromatic N) is 2. The number of sulfonamides is 1. The van der Waals surface area contributed by atoms with E-state index in [0.29, 0.717) is 15.6 Å². The van der Waals surface area contributed by atoms with Gasteiger partial charge in [0.05, 0.1) is 12.0 Å². The second kappa shape index (κ2) is 8.54. The molecule has 1 aliphatic heterocycles. The van der Waals surface area contributed by atoms with Gasteiger partial charge in [-0.2, -0.15) is 0 Å². The summed E-state index contributed by atoms with van der Waals surface area (Å²) in [5.74, 6) is -1.12. The summed E-state index contributed by atoms with van der Waals surface area (Å²) in [6, 6.07) is 11.3. The van der Waals surface area contributed by atoms with Crippen molar-refractivity contribution in [2.75, 3.05) is 7.11 Å². The number of oxime groups is 1. The van der Waals surface area contributed by atoms with Crippen molar-refractivity contribution < 1.29 is 27.6 Å². The lowest BCUT2D eigenvalue weighted by atomic mass is 10.2. The molecule has 10 heteroatoms. The fourth-order valence-corrected chi connectivity index (χ4v) is 4.56. The summed E-state index contributed by atoms with van der Waals surface area (Å²) in [6.45, 7) is 1.81. The summed E-state index contributed by atoms with van der Waals surface area (Å²) in [7, 11) is -2.69. The molecule has 0 bridgehead atoms. The van der Waals surface area contributed by atoms with Crippen molar-refractivity contribution in [2.45, 2.75) is 30.7 Å². The number of carbonyl (C=O) groups excluding carboxylic acids is 2. The molecule has 158 valence electrons. The molecule has 1 fully saturated rings. The second-order valence-corrected chi connectivity index (χ2v) is 8.49. The molecule has 1 aliphatic rings. The topological polar surface area (TPSA) is 128 Å². The Hall–Kier alpha value is -3.40. The molecule has 2 aromatic rings. The normalized spacial score (nSPS) is 17.1. The lowest BCUT2D eigenvalue weighted by Crippen LogP contribution is -2.43. The van der Waals surface area contributed by atoms with E-state index in [2.05, 4.69) is 5.16 Å². The van der Waals surface area contributed by atoms with Crippen LogP contribution in [-0.2, 0) is 24.4 Å². The van der Waals surface area contributed by atoms with E-state index < -0.39 is 27.9 Å². The van der Waals surface area contributed by atoms with Gasteiger partial charge in [-0.25, -0.2) is 17.5 Å². The molecule has 0 unspecified atom stereocenters. The highest BCUT2D eigenvalue weighted by Crippen LogP contribution is 2.28. The number of hydrogen-bond acceptors (Lipinski definition) is 7. The van der Waals surface area contributed by atoms with Gasteiger partial charge >= 0.3 is 5.97 Å². The molecular weight excluding hydrogens is 410 g/mol. The quantitative estimate of drug-likeness (QED) is 0.318. The van der Waals surface area contributed by atoms with E-state index in [1.165, 1.54) is 19.2 Å². The molecule has 0 saturated carbocycles. The number of methoxy groups -OCH3 is 1. The highest BCUT2D eigenvalue weighted by atomic mass is 32.2. The van der Waals surface area contributed by atoms with Crippen LogP contribution in [0.1, 0.15) is 24.0 Å². The maximum absolute atomic E-state index is 12.9. The minimum absolute atomic E-state index is 0.000713. The number of rotatable bonds is 6. The lowest BCUT2D eigenvalue weighted by Gasteiger charge is -2.22. The fourth-order valence-electron chi connectivity index (χ4n) is 2.97. The number of carbonyl (C=O) groups is 2. The van der Waals surface area contributed by atoms with Crippen LogP contribution in [0.3, 0.4) is 0 Å². The zero-order valence-corrected chi connectivity index (χ0v) is 17.3. The largest absolute Gasteiger partial charge is 0.497 e. The molecule has 2 N–H and O–H groups in total. The molecule has 3 rings (SSSR count). The average molecular weight is 431 g/mol. The SMILES string of the molecule is COc1ccc(C(N)=NOC(=O)[C@@H]2CCC(=O)N2S(=O)(=O)c2ccc(C)cc2)cc1. The first-order chi connectivity index (χ1) is 14.2. The Morgan fingerprint density at radius 1 is 1.13 bits per heavy atom. The highest BCUT2D eigenvalue weighted by molar-refractivity contribution is 7.89. The summed E-state index contributed by atoms with van der Waals surface area (Å²) in [5.41, 5.74) is 7.16. The summed E-state index contributed by atoms with van der Waals surface area (Å²) >= 11 is 0. The predicted molar refractivity (Wildman–Crippen MR) is 108 cm³/mol. The van der Waals surface area contributed by atoms with Crippen molar-refractivity contribution in [3.8, 4) is 5.75 Å². The number of amides is 1. The minimum Gasteiger partial charge on any atom is -0.497 e. The number of aryl methyl sites for hydroxylation is 1. The summed E-state index contributed by atoms with van der Waals surface area (Å²) in [5, 5.41) is 3.59. The van der Waals surface area contributed by atoms with Crippen molar-refractivity contribution in [3.05, 3.63) is 59.7 Å². The zero-order valence-electron chi connectivity index (χ0n) is 16.4. The third-order valence-corrected chi connectivity index (χ3v) is 6.47. The van der Waals surface area contributed by atoms with E-state index in [0.717, 1.165) is 5.56 Å². The summed E-state index contributed by atoms with van der Waals surface area (Å²) in [6.07, 6.45) is -0.0940. The van der Waals surface area contributed by atoms with Gasteiger partial charge in [0.15, 0.2) is 5.84 Å². The average Bonchev–Trinajstić information content (AvgIpc) is 3.14. The maximum Gasteiger partial charge on any atom is 0.358 e. The third-order valence-electron chi connectivity index (χ3n) is 4.63. The Morgan fingerprint density at radius 3 is 2.37 bits per heavy atom. The maximum atomic E-state index is 12.9. The van der Waals surface area contributed by atoms with Crippen LogP contribution in [0, 0.1) is 6.92 Å². The summed E-state index contributed by atoms with van der Waals surface area (Å²) < 4.78 is 31.5. The summed E-state index contributed by atoms with van der Waals surface area (Å²) in [4.78, 5) is 29.5. The van der Waals surface area contributed by atoms with Crippen molar-refractivity contribution in [3.63, 3.8) is 0 Å². The Morgan fingerprint density at radius 2 is 1.77 bits per heavy atom. The Bertz CT molecular complexity index is 1080. The van der Waals surface area contributed by atoms with E-state index in [4.69, 9.17) is 15.3 Å². The lowest BCUT2D eigenvalue weighted by molar-refractivity contribution is -0.149. The van der Waals surface area contributed by atoms with Gasteiger partial charge in [-0.3, -0.25) is 4.79 Å². The van der Waals surface area contributed by atoms with E-state index in [9.17, 15) is 18.0 Å². The molecule has 9 nitrogen and oxygen atoms in total. The predicted octanol–water partition coefficient (Wildman–Crippen LogP) is 1.55. The Labute approximate surface area is 174 Å². The fraction of sp³-hybridized carbons (Fsp3) is 0.250. The van der Waals surface area contributed by atoms with Crippen molar-refractivity contribution in [2.24, 2.45) is 10.9 Å². The number of hydrogen-bond donors (Lipinski definition) is 1. The molecule has 1 heterocycles. The molecule has 1 amide bonds. The van der Waals surface area contributed by atoms with E-state index >= 15 is 0 Å². The van der Waals surface area contributed by atoms with Gasteiger partial charge in [0.2, 0.25) is 5.91 Å². The monoisotopic (exact) mass is 431 g/mol. The molecule has 0 spiro atoms. The van der Waals surface area contributed by atoms with Gasteiger partial charge in [0.25, 0.3) is 10.0 Å². The van der Waals surface area contributed by atoms with Crippen LogP contribution in [0.4, 0.5) is 0 Å². The number of ether oxygens (including phenoxy) is 1. The van der Waals surface area contributed by atoms with Crippen LogP contribution in [0.2, 0.25) is 0 Å². The standard InChI is InChI=1S/C20H21N3O6S/c1-13-3-9-16(10-4-13)30(26,27)23-17(11-12-18(23)24)20(25)29-22-19(21)14-5-7-15(28-2)8-6-14/h3-10,17H,11-12H2,1-2H3,(H2,21,22)/t17-/m0/s1. The van der Waals surface area contributed by atoms with Gasteiger partial charge in [-0.1, -0.05) is 22.9 Å². The smallest absolute Gasteiger partial charge is 0.358 e. The van der Waals surface area contributed by atoms with Gasteiger partial charge in [0, 0.05) is 12.0 Å². The van der Waals surface area contributed by atoms with Gasteiger partial charge in [-0.05, 0) is 49.7 Å². The number of nitrogens with two attached hydrogens (primary N) is 1. The molecule has 2 aromatic carbocycles. The first kappa shape index (κ1) is 21.3. The molecule has 1 atom stereocenters. The van der Waals surface area contributed by atoms with Crippen LogP contribution in [0.5, 0.6) is 5.75 Å². The van der Waals surface area contributed by atoms with Crippen molar-refractivity contribution in [1.82, 2.24) is 4.31 Å². The molecular formula is C20H21N3O6S. The minimum atomic E-state index is -4.21. The van der Waals surface area contributed by atoms with Crippen LogP contribution < -0.4 is 10.5 Å². The first-order valence-electron chi connectivity index (χ1n) is 9.06. The zero-order chi connectivity index (χ0) is 21.9. The van der Waals surface area contributed by atoms with E-state index in [1.54, 1.807) is 36.4 Å². The number of benzene rings is 2. The molecule has 0 aromatic heterocycles. The van der Waals surface area contributed by atoms with Crippen LogP contribution in [-0.4, -0.2) is 43.6 Å². The van der Waals surface area contributed by atoms with Crippen molar-refractivity contribution in [1.29, 1.82) is 0 Å². The van der Waals surface area contributed by atoms with E-state index in [-0.39, 0.29) is 23.6 Å². The molecule has 0 radical (unpaired) electrons. The molecule has 1 saturated heterocycles. The second-order valence-electron chi connectivity index (χ2n) is 6.68. The first-order valence-corrected chi connectivity index (χ1v) is 10.5. The van der Waals surface area contributed by atoms with Crippen LogP contribution in [0.15, 0.2) is 58.6 Å². The Balaban J connectivity index is 1.78. The van der Waals surface area contributed by atoms with Crippen LogP contribution >= 0.6 is 0 Å².